The molecule has 0 radical (unpaired) electrons. The average Bonchev–Trinajstić information content (AvgIpc) is 3.02. The Morgan fingerprint density at radius 1 is 0.745 bits per heavy atom. The summed E-state index contributed by atoms with van der Waals surface area (Å²) >= 11 is 0. The molecule has 5 amide bonds. The molecule has 2 aromatic rings. The molecule has 256 valence electrons. The predicted octanol–water partition coefficient (Wildman–Crippen LogP) is 1.35. The molecule has 14 nitrogen and oxygen atoms in total. The molecule has 10 N–H and O–H groups in total. The number of amides is 5. The highest BCUT2D eigenvalue weighted by Crippen LogP contribution is 2.14. The van der Waals surface area contributed by atoms with Gasteiger partial charge in [-0.25, -0.2) is 4.79 Å². The van der Waals surface area contributed by atoms with E-state index in [-0.39, 0.29) is 43.8 Å². The first-order chi connectivity index (χ1) is 22.3. The monoisotopic (exact) mass is 652 g/mol. The van der Waals surface area contributed by atoms with Crippen LogP contribution in [-0.4, -0.2) is 60.4 Å². The van der Waals surface area contributed by atoms with Crippen molar-refractivity contribution in [1.82, 2.24) is 21.3 Å². The Morgan fingerprint density at radius 3 is 1.89 bits per heavy atom. The highest BCUT2D eigenvalue weighted by Gasteiger charge is 2.33. The van der Waals surface area contributed by atoms with E-state index in [1.807, 2.05) is 32.0 Å². The van der Waals surface area contributed by atoms with Gasteiger partial charge in [-0.3, -0.25) is 24.2 Å². The highest BCUT2D eigenvalue weighted by molar-refractivity contribution is 5.95. The number of carbonyl (C=O) groups excluding carboxylic acids is 5. The van der Waals surface area contributed by atoms with E-state index >= 15 is 0 Å². The first-order valence-corrected chi connectivity index (χ1v) is 15.6. The third kappa shape index (κ3) is 13.8. The van der Waals surface area contributed by atoms with E-state index < -0.39 is 53.9 Å². The van der Waals surface area contributed by atoms with Gasteiger partial charge >= 0.3 is 6.09 Å². The van der Waals surface area contributed by atoms with Crippen molar-refractivity contribution >= 4 is 35.7 Å². The van der Waals surface area contributed by atoms with Crippen molar-refractivity contribution in [2.24, 2.45) is 34.0 Å². The normalized spacial score (nSPS) is 13.4. The number of ether oxygens (including phenoxy) is 1. The minimum absolute atomic E-state index is 0.00701. The molecule has 0 fully saturated rings. The van der Waals surface area contributed by atoms with Crippen LogP contribution in [0.2, 0.25) is 0 Å². The molecule has 0 aromatic heterocycles. The van der Waals surface area contributed by atoms with Crippen LogP contribution in [0.25, 0.3) is 0 Å². The van der Waals surface area contributed by atoms with Crippen molar-refractivity contribution in [2.45, 2.75) is 77.7 Å². The molecule has 0 saturated carbocycles. The number of aliphatic imine (C=N–C) groups is 1. The Kier molecular flexibility index (Phi) is 15.7. The molecule has 2 aromatic carbocycles. The van der Waals surface area contributed by atoms with Crippen molar-refractivity contribution in [1.29, 1.82) is 0 Å². The maximum atomic E-state index is 13.6. The van der Waals surface area contributed by atoms with Crippen molar-refractivity contribution < 1.29 is 28.7 Å². The number of primary amides is 1. The van der Waals surface area contributed by atoms with Gasteiger partial charge in [-0.05, 0) is 42.2 Å². The minimum atomic E-state index is -1.11. The summed E-state index contributed by atoms with van der Waals surface area (Å²) in [5.41, 5.74) is 17.6. The number of nitrogens with zero attached hydrogens (tertiary/aromatic N) is 1. The summed E-state index contributed by atoms with van der Waals surface area (Å²) in [5.74, 6) is -3.14. The fourth-order valence-corrected chi connectivity index (χ4v) is 4.64. The molecule has 0 saturated heterocycles. The molecule has 47 heavy (non-hydrogen) atoms. The molecule has 14 heteroatoms. The van der Waals surface area contributed by atoms with Crippen molar-refractivity contribution in [3.8, 4) is 0 Å². The molecule has 0 spiro atoms. The molecular weight excluding hydrogens is 604 g/mol. The lowest BCUT2D eigenvalue weighted by Crippen LogP contribution is -2.58. The van der Waals surface area contributed by atoms with Crippen LogP contribution in [0, 0.1) is 11.8 Å². The van der Waals surface area contributed by atoms with Crippen molar-refractivity contribution in [3.05, 3.63) is 71.8 Å². The number of hydrogen-bond donors (Lipinski definition) is 7. The van der Waals surface area contributed by atoms with Crippen LogP contribution in [-0.2, 0) is 30.5 Å². The summed E-state index contributed by atoms with van der Waals surface area (Å²) in [4.78, 5) is 69.3. The van der Waals surface area contributed by atoms with Gasteiger partial charge in [0.15, 0.2) is 5.96 Å². The lowest BCUT2D eigenvalue weighted by molar-refractivity contribution is -0.134. The van der Waals surface area contributed by atoms with Crippen LogP contribution < -0.4 is 38.5 Å². The topological polar surface area (TPSA) is 233 Å². The van der Waals surface area contributed by atoms with Gasteiger partial charge in [0, 0.05) is 6.54 Å². The van der Waals surface area contributed by atoms with E-state index in [0.29, 0.717) is 12.0 Å². The van der Waals surface area contributed by atoms with Gasteiger partial charge < -0.3 is 43.2 Å². The number of hydrogen-bond acceptors (Lipinski definition) is 7. The Hall–Kier alpha value is -5.14. The number of guanidine groups is 1. The lowest BCUT2D eigenvalue weighted by atomic mass is 9.98. The summed E-state index contributed by atoms with van der Waals surface area (Å²) < 4.78 is 5.30. The third-order valence-corrected chi connectivity index (χ3v) is 7.06. The van der Waals surface area contributed by atoms with E-state index in [1.165, 1.54) is 0 Å². The second kappa shape index (κ2) is 19.4. The van der Waals surface area contributed by atoms with Gasteiger partial charge in [0.1, 0.15) is 30.8 Å². The quantitative estimate of drug-likeness (QED) is 0.0704. The number of benzene rings is 2. The predicted molar refractivity (Wildman–Crippen MR) is 178 cm³/mol. The molecule has 4 atom stereocenters. The fraction of sp³-hybridized carbons (Fsp3) is 0.455. The number of carbonyl (C=O) groups is 5. The second-order valence-electron chi connectivity index (χ2n) is 11.9. The number of rotatable bonds is 18. The maximum Gasteiger partial charge on any atom is 0.408 e. The van der Waals surface area contributed by atoms with Crippen LogP contribution in [0.1, 0.15) is 64.1 Å². The largest absolute Gasteiger partial charge is 0.445 e. The molecule has 0 bridgehead atoms. The number of nitrogens with one attached hydrogen (secondary N) is 4. The zero-order valence-corrected chi connectivity index (χ0v) is 27.4. The van der Waals surface area contributed by atoms with Gasteiger partial charge in [0.05, 0.1) is 0 Å². The minimum Gasteiger partial charge on any atom is -0.445 e. The van der Waals surface area contributed by atoms with Gasteiger partial charge in [0.2, 0.25) is 23.6 Å². The maximum absolute atomic E-state index is 13.6. The lowest BCUT2D eigenvalue weighted by Gasteiger charge is -2.28. The van der Waals surface area contributed by atoms with Gasteiger partial charge in [-0.15, -0.1) is 0 Å². The highest BCUT2D eigenvalue weighted by atomic mass is 16.5. The van der Waals surface area contributed by atoms with Crippen molar-refractivity contribution in [3.63, 3.8) is 0 Å². The summed E-state index contributed by atoms with van der Waals surface area (Å²) in [6, 6.07) is 13.2. The standard InChI is InChI=1S/C33H48N8O6/c1-20(2)18-25(30(44)40-26(21(3)4)31(45)41-27(28(34)42)23-14-9-6-10-15-23)38-29(43)24(16-11-17-37-32(35)36)39-33(46)47-19-22-12-7-5-8-13-22/h5-10,12-15,20-21,24-27H,11,16-19H2,1-4H3,(H2,34,42)(H,38,43)(H,39,46)(H,40,44)(H,41,45)(H4,35,36,37)/t24-,25-,26-,27-/m0/s1. The molecule has 0 aliphatic rings. The Balaban J connectivity index is 2.18. The Bertz CT molecular complexity index is 1350. The Morgan fingerprint density at radius 2 is 1.34 bits per heavy atom. The summed E-state index contributed by atoms with van der Waals surface area (Å²) in [7, 11) is 0. The second-order valence-corrected chi connectivity index (χ2v) is 11.9. The summed E-state index contributed by atoms with van der Waals surface area (Å²) in [6.45, 7) is 7.43. The smallest absolute Gasteiger partial charge is 0.408 e. The first kappa shape index (κ1) is 38.0. The van der Waals surface area contributed by atoms with E-state index in [4.69, 9.17) is 21.9 Å². The Labute approximate surface area is 275 Å². The van der Waals surface area contributed by atoms with Gasteiger partial charge in [-0.1, -0.05) is 88.4 Å². The molecule has 0 heterocycles. The van der Waals surface area contributed by atoms with Crippen LogP contribution in [0.3, 0.4) is 0 Å². The number of nitrogens with two attached hydrogens (primary N) is 3. The van der Waals surface area contributed by atoms with E-state index in [9.17, 15) is 24.0 Å². The first-order valence-electron chi connectivity index (χ1n) is 15.6. The molecular formula is C33H48N8O6. The zero-order chi connectivity index (χ0) is 34.9. The van der Waals surface area contributed by atoms with Crippen LogP contribution in [0.4, 0.5) is 4.79 Å². The fourth-order valence-electron chi connectivity index (χ4n) is 4.64. The molecule has 2 rings (SSSR count). The summed E-state index contributed by atoms with van der Waals surface area (Å²) in [5, 5.41) is 10.7. The SMILES string of the molecule is CC(C)C[C@H](NC(=O)[C@H](CCCN=C(N)N)NC(=O)OCc1ccccc1)C(=O)N[C@H](C(=O)N[C@H](C(N)=O)c1ccccc1)C(C)C. The zero-order valence-electron chi connectivity index (χ0n) is 27.4. The average molecular weight is 653 g/mol. The molecule has 0 aliphatic heterocycles. The van der Waals surface area contributed by atoms with Gasteiger partial charge in [-0.2, -0.15) is 0 Å². The molecule has 0 aliphatic carbocycles. The van der Waals surface area contributed by atoms with Crippen LogP contribution in [0.5, 0.6) is 0 Å². The van der Waals surface area contributed by atoms with E-state index in [0.717, 1.165) is 5.56 Å². The van der Waals surface area contributed by atoms with Crippen LogP contribution in [0.15, 0.2) is 65.7 Å². The van der Waals surface area contributed by atoms with Crippen molar-refractivity contribution in [2.75, 3.05) is 6.54 Å². The number of alkyl carbamates (subject to hydrolysis) is 1. The third-order valence-electron chi connectivity index (χ3n) is 7.06. The molecule has 0 unspecified atom stereocenters. The van der Waals surface area contributed by atoms with Crippen LogP contribution >= 0.6 is 0 Å². The van der Waals surface area contributed by atoms with E-state index in [2.05, 4.69) is 26.3 Å². The summed E-state index contributed by atoms with van der Waals surface area (Å²) in [6.07, 6.45) is -0.102. The van der Waals surface area contributed by atoms with Gasteiger partial charge in [0.25, 0.3) is 0 Å². The van der Waals surface area contributed by atoms with E-state index in [1.54, 1.807) is 56.3 Å².